The zero-order valence-corrected chi connectivity index (χ0v) is 9.38. The summed E-state index contributed by atoms with van der Waals surface area (Å²) in [6.45, 7) is 8.10. The van der Waals surface area contributed by atoms with Gasteiger partial charge in [0.1, 0.15) is 0 Å². The van der Waals surface area contributed by atoms with Crippen LogP contribution < -0.4 is 0 Å². The molecule has 1 radical (unpaired) electrons. The van der Waals surface area contributed by atoms with Crippen molar-refractivity contribution in [3.05, 3.63) is 41.3 Å². The van der Waals surface area contributed by atoms with Crippen LogP contribution in [0.2, 0.25) is 5.02 Å². The van der Waals surface area contributed by atoms with Crippen LogP contribution in [0.1, 0.15) is 36.8 Å². The molecule has 0 aliphatic rings. The Hall–Kier alpha value is -0.530. The summed E-state index contributed by atoms with van der Waals surface area (Å²) in [6.07, 6.45) is 0. The first kappa shape index (κ1) is 11.5. The van der Waals surface area contributed by atoms with Gasteiger partial charge in [-0.3, -0.25) is 0 Å². The highest BCUT2D eigenvalue weighted by molar-refractivity contribution is 6.31. The predicted molar refractivity (Wildman–Crippen MR) is 60.7 cm³/mol. The van der Waals surface area contributed by atoms with Crippen LogP contribution in [-0.4, -0.2) is 11.7 Å². The van der Waals surface area contributed by atoms with Crippen molar-refractivity contribution >= 4 is 11.6 Å². The first-order chi connectivity index (χ1) is 6.56. The number of hydrogen-bond donors (Lipinski definition) is 1. The van der Waals surface area contributed by atoms with Crippen LogP contribution in [0, 0.1) is 6.92 Å². The maximum absolute atomic E-state index is 8.95. The Morgan fingerprint density at radius 3 is 2.50 bits per heavy atom. The summed E-state index contributed by atoms with van der Waals surface area (Å²) in [5.74, 6) is 0.336. The lowest BCUT2D eigenvalue weighted by atomic mass is 9.97. The van der Waals surface area contributed by atoms with Crippen LogP contribution in [0.3, 0.4) is 0 Å². The minimum atomic E-state index is -0.0892. The molecule has 14 heavy (non-hydrogen) atoms. The lowest BCUT2D eigenvalue weighted by molar-refractivity contribution is 0.282. The third-order valence-electron chi connectivity index (χ3n) is 2.34. The largest absolute Gasteiger partial charge is 0.396 e. The molecule has 1 atom stereocenters. The van der Waals surface area contributed by atoms with Crippen LogP contribution in [0.25, 0.3) is 0 Å². The topological polar surface area (TPSA) is 20.2 Å². The summed E-state index contributed by atoms with van der Waals surface area (Å²) in [4.78, 5) is 0. The van der Waals surface area contributed by atoms with Gasteiger partial charge in [-0.25, -0.2) is 0 Å². The van der Waals surface area contributed by atoms with Crippen molar-refractivity contribution in [1.29, 1.82) is 0 Å². The second-order valence-electron chi connectivity index (χ2n) is 3.82. The van der Waals surface area contributed by atoms with E-state index in [2.05, 4.69) is 20.8 Å². The van der Waals surface area contributed by atoms with E-state index < -0.39 is 0 Å². The molecule has 2 heteroatoms. The molecule has 1 rings (SSSR count). The highest BCUT2D eigenvalue weighted by Crippen LogP contribution is 2.27. The number of hydrogen-bond acceptors (Lipinski definition) is 1. The number of aliphatic hydroxyl groups is 1. The smallest absolute Gasteiger partial charge is 0.0499 e. The molecule has 0 spiro atoms. The van der Waals surface area contributed by atoms with Crippen molar-refractivity contribution in [3.8, 4) is 0 Å². The van der Waals surface area contributed by atoms with E-state index >= 15 is 0 Å². The van der Waals surface area contributed by atoms with E-state index in [9.17, 15) is 0 Å². The van der Waals surface area contributed by atoms with Gasteiger partial charge in [-0.1, -0.05) is 37.6 Å². The van der Waals surface area contributed by atoms with Gasteiger partial charge >= 0.3 is 0 Å². The second kappa shape index (κ2) is 4.81. The van der Waals surface area contributed by atoms with Crippen molar-refractivity contribution in [2.45, 2.75) is 25.7 Å². The quantitative estimate of drug-likeness (QED) is 0.813. The van der Waals surface area contributed by atoms with Crippen LogP contribution in [0.5, 0.6) is 0 Å². The molecular formula is C12H16ClO. The number of halogens is 1. The maximum Gasteiger partial charge on any atom is 0.0499 e. The fourth-order valence-electron chi connectivity index (χ4n) is 1.37. The predicted octanol–water partition coefficient (Wildman–Crippen LogP) is 3.37. The molecule has 0 aliphatic carbocycles. The third kappa shape index (κ3) is 2.49. The molecule has 0 saturated heterocycles. The monoisotopic (exact) mass is 211 g/mol. The molecule has 0 bridgehead atoms. The Morgan fingerprint density at radius 2 is 2.07 bits per heavy atom. The summed E-state index contributed by atoms with van der Waals surface area (Å²) >= 11 is 6.12. The molecule has 0 saturated carbocycles. The average Bonchev–Trinajstić information content (AvgIpc) is 2.15. The van der Waals surface area contributed by atoms with Gasteiger partial charge < -0.3 is 5.11 Å². The molecule has 0 heterocycles. The number of aliphatic hydroxyl groups excluding tert-OH is 1. The van der Waals surface area contributed by atoms with E-state index in [4.69, 9.17) is 16.7 Å². The molecule has 1 unspecified atom stereocenters. The molecule has 1 aromatic carbocycles. The molecule has 0 amide bonds. The van der Waals surface area contributed by atoms with Crippen LogP contribution >= 0.6 is 11.6 Å². The zero-order chi connectivity index (χ0) is 10.7. The molecule has 0 aliphatic heterocycles. The third-order valence-corrected chi connectivity index (χ3v) is 2.67. The lowest BCUT2D eigenvalue weighted by Crippen LogP contribution is -2.00. The van der Waals surface area contributed by atoms with E-state index in [-0.39, 0.29) is 12.5 Å². The Labute approximate surface area is 90.7 Å². The van der Waals surface area contributed by atoms with Crippen LogP contribution in [-0.2, 0) is 0 Å². The summed E-state index contributed by atoms with van der Waals surface area (Å²) in [5.41, 5.74) is 2.13. The standard InChI is InChI=1S/C12H16ClO/c1-8(2)11-5-4-10(6-12(11)13)9(3)7-14/h4-6,8-9,14H,3,7H2,1-2H3. The zero-order valence-electron chi connectivity index (χ0n) is 8.63. The van der Waals surface area contributed by atoms with E-state index in [1.807, 2.05) is 18.2 Å². The second-order valence-corrected chi connectivity index (χ2v) is 4.22. The number of benzene rings is 1. The van der Waals surface area contributed by atoms with Gasteiger partial charge in [0.05, 0.1) is 0 Å². The van der Waals surface area contributed by atoms with Gasteiger partial charge in [0.25, 0.3) is 0 Å². The van der Waals surface area contributed by atoms with E-state index in [1.165, 1.54) is 0 Å². The minimum absolute atomic E-state index is 0.0529. The van der Waals surface area contributed by atoms with Crippen LogP contribution in [0.4, 0.5) is 0 Å². The SMILES string of the molecule is [CH2]C(CO)c1ccc(C(C)C)c(Cl)c1. The number of rotatable bonds is 3. The molecule has 0 aromatic heterocycles. The Bertz CT molecular complexity index is 307. The highest BCUT2D eigenvalue weighted by atomic mass is 35.5. The molecular weight excluding hydrogens is 196 g/mol. The van der Waals surface area contributed by atoms with Gasteiger partial charge in [0, 0.05) is 17.5 Å². The fraction of sp³-hybridized carbons (Fsp3) is 0.417. The summed E-state index contributed by atoms with van der Waals surface area (Å²) in [5, 5.41) is 9.72. The fourth-order valence-corrected chi connectivity index (χ4v) is 1.78. The first-order valence-corrected chi connectivity index (χ1v) is 5.17. The van der Waals surface area contributed by atoms with Crippen molar-refractivity contribution < 1.29 is 5.11 Å². The van der Waals surface area contributed by atoms with E-state index in [0.29, 0.717) is 5.92 Å². The van der Waals surface area contributed by atoms with Gasteiger partial charge in [-0.15, -0.1) is 0 Å². The van der Waals surface area contributed by atoms with E-state index in [0.717, 1.165) is 16.1 Å². The van der Waals surface area contributed by atoms with Crippen molar-refractivity contribution in [1.82, 2.24) is 0 Å². The highest BCUT2D eigenvalue weighted by Gasteiger charge is 2.09. The van der Waals surface area contributed by atoms with Crippen molar-refractivity contribution in [2.75, 3.05) is 6.61 Å². The van der Waals surface area contributed by atoms with E-state index in [1.54, 1.807) is 0 Å². The average molecular weight is 212 g/mol. The van der Waals surface area contributed by atoms with Gasteiger partial charge in [0.15, 0.2) is 0 Å². The van der Waals surface area contributed by atoms with Crippen LogP contribution in [0.15, 0.2) is 18.2 Å². The molecule has 77 valence electrons. The Balaban J connectivity index is 3.00. The van der Waals surface area contributed by atoms with Crippen molar-refractivity contribution in [2.24, 2.45) is 0 Å². The summed E-state index contributed by atoms with van der Waals surface area (Å²) < 4.78 is 0. The Kier molecular flexibility index (Phi) is 3.97. The molecule has 0 fully saturated rings. The van der Waals surface area contributed by atoms with Gasteiger partial charge in [-0.05, 0) is 30.0 Å². The Morgan fingerprint density at radius 1 is 1.43 bits per heavy atom. The summed E-state index contributed by atoms with van der Waals surface area (Å²) in [6, 6.07) is 5.88. The van der Waals surface area contributed by atoms with Gasteiger partial charge in [0.2, 0.25) is 0 Å². The molecule has 1 nitrogen and oxygen atoms in total. The van der Waals surface area contributed by atoms with Gasteiger partial charge in [-0.2, -0.15) is 0 Å². The normalized spacial score (nSPS) is 13.3. The first-order valence-electron chi connectivity index (χ1n) is 4.79. The minimum Gasteiger partial charge on any atom is -0.396 e. The summed E-state index contributed by atoms with van der Waals surface area (Å²) in [7, 11) is 0. The molecule has 1 aromatic rings. The molecule has 1 N–H and O–H groups in total. The maximum atomic E-state index is 8.95. The lowest BCUT2D eigenvalue weighted by Gasteiger charge is -2.12. The van der Waals surface area contributed by atoms with Crippen molar-refractivity contribution in [3.63, 3.8) is 0 Å².